The molecule has 0 aliphatic carbocycles. The molecule has 4 heteroatoms. The van der Waals surface area contributed by atoms with Crippen LogP contribution in [0.3, 0.4) is 0 Å². The molecule has 4 nitrogen and oxygen atoms in total. The van der Waals surface area contributed by atoms with Crippen molar-refractivity contribution >= 4 is 11.0 Å². The molecule has 0 saturated carbocycles. The Kier molecular flexibility index (Phi) is 3.10. The standard InChI is InChI=1S/C16H12O4/c17-15(18)12-6-3-5-10(8-12)13-9-11-4-1-2-7-14(11)20-16(13)19/h1-9,15,17-18H. The summed E-state index contributed by atoms with van der Waals surface area (Å²) in [4.78, 5) is 12.0. The molecule has 0 atom stereocenters. The van der Waals surface area contributed by atoms with E-state index in [1.807, 2.05) is 12.1 Å². The third-order valence-electron chi connectivity index (χ3n) is 3.14. The Bertz CT molecular complexity index is 818. The number of rotatable bonds is 2. The van der Waals surface area contributed by atoms with Crippen molar-refractivity contribution < 1.29 is 14.6 Å². The smallest absolute Gasteiger partial charge is 0.344 e. The second kappa shape index (κ2) is 4.92. The van der Waals surface area contributed by atoms with E-state index in [0.717, 1.165) is 5.39 Å². The van der Waals surface area contributed by atoms with Crippen molar-refractivity contribution in [2.75, 3.05) is 0 Å². The average Bonchev–Trinajstić information content (AvgIpc) is 2.46. The molecule has 0 radical (unpaired) electrons. The minimum atomic E-state index is -1.57. The van der Waals surface area contributed by atoms with Crippen molar-refractivity contribution in [3.63, 3.8) is 0 Å². The van der Waals surface area contributed by atoms with Crippen molar-refractivity contribution in [1.29, 1.82) is 0 Å². The fraction of sp³-hybridized carbons (Fsp3) is 0.0625. The van der Waals surface area contributed by atoms with E-state index in [0.29, 0.717) is 22.3 Å². The van der Waals surface area contributed by atoms with Gasteiger partial charge in [-0.25, -0.2) is 4.79 Å². The van der Waals surface area contributed by atoms with Crippen LogP contribution in [0.25, 0.3) is 22.1 Å². The number of para-hydroxylation sites is 1. The lowest BCUT2D eigenvalue weighted by atomic mass is 10.0. The zero-order valence-electron chi connectivity index (χ0n) is 10.5. The predicted octanol–water partition coefficient (Wildman–Crippen LogP) is 2.44. The van der Waals surface area contributed by atoms with Crippen LogP contribution in [0.1, 0.15) is 11.9 Å². The Balaban J connectivity index is 2.21. The first-order chi connectivity index (χ1) is 9.65. The zero-order chi connectivity index (χ0) is 14.1. The molecule has 0 aliphatic rings. The molecule has 3 rings (SSSR count). The topological polar surface area (TPSA) is 70.7 Å². The highest BCUT2D eigenvalue weighted by Crippen LogP contribution is 2.23. The summed E-state index contributed by atoms with van der Waals surface area (Å²) in [5, 5.41) is 19.2. The van der Waals surface area contributed by atoms with Gasteiger partial charge in [0.05, 0.1) is 5.56 Å². The normalized spacial score (nSPS) is 11.2. The van der Waals surface area contributed by atoms with Gasteiger partial charge in [0, 0.05) is 10.9 Å². The van der Waals surface area contributed by atoms with Gasteiger partial charge in [-0.15, -0.1) is 0 Å². The van der Waals surface area contributed by atoms with Crippen LogP contribution in [0.4, 0.5) is 0 Å². The second-order valence-corrected chi connectivity index (χ2v) is 4.48. The van der Waals surface area contributed by atoms with Gasteiger partial charge >= 0.3 is 5.63 Å². The van der Waals surface area contributed by atoms with Crippen LogP contribution in [0, 0.1) is 0 Å². The summed E-state index contributed by atoms with van der Waals surface area (Å²) in [6.07, 6.45) is -1.57. The van der Waals surface area contributed by atoms with Crippen LogP contribution in [-0.2, 0) is 0 Å². The maximum absolute atomic E-state index is 12.0. The molecular weight excluding hydrogens is 256 g/mol. The van der Waals surface area contributed by atoms with Crippen molar-refractivity contribution in [1.82, 2.24) is 0 Å². The highest BCUT2D eigenvalue weighted by atomic mass is 16.5. The van der Waals surface area contributed by atoms with Crippen LogP contribution in [0.2, 0.25) is 0 Å². The molecule has 20 heavy (non-hydrogen) atoms. The highest BCUT2D eigenvalue weighted by Gasteiger charge is 2.10. The minimum Gasteiger partial charge on any atom is -0.422 e. The Morgan fingerprint density at radius 3 is 2.55 bits per heavy atom. The van der Waals surface area contributed by atoms with E-state index < -0.39 is 11.9 Å². The zero-order valence-corrected chi connectivity index (χ0v) is 10.5. The Morgan fingerprint density at radius 2 is 1.75 bits per heavy atom. The number of aliphatic hydroxyl groups excluding tert-OH is 1. The molecule has 1 heterocycles. The summed E-state index contributed by atoms with van der Waals surface area (Å²) in [6.45, 7) is 0. The molecule has 0 unspecified atom stereocenters. The van der Waals surface area contributed by atoms with E-state index in [1.54, 1.807) is 42.5 Å². The number of hydrogen-bond donors (Lipinski definition) is 2. The Hall–Kier alpha value is -2.43. The number of hydrogen-bond acceptors (Lipinski definition) is 4. The van der Waals surface area contributed by atoms with Crippen molar-refractivity contribution in [3.05, 3.63) is 70.6 Å². The highest BCUT2D eigenvalue weighted by molar-refractivity contribution is 5.81. The van der Waals surface area contributed by atoms with Gasteiger partial charge in [-0.3, -0.25) is 0 Å². The molecule has 2 aromatic carbocycles. The lowest BCUT2D eigenvalue weighted by Crippen LogP contribution is -2.03. The molecule has 0 fully saturated rings. The van der Waals surface area contributed by atoms with Gasteiger partial charge in [-0.05, 0) is 23.8 Å². The van der Waals surface area contributed by atoms with Crippen molar-refractivity contribution in [2.24, 2.45) is 0 Å². The lowest BCUT2D eigenvalue weighted by Gasteiger charge is -2.07. The summed E-state index contributed by atoms with van der Waals surface area (Å²) in [6, 6.07) is 15.5. The van der Waals surface area contributed by atoms with Gasteiger partial charge in [0.15, 0.2) is 6.29 Å². The fourth-order valence-electron chi connectivity index (χ4n) is 2.13. The Labute approximate surface area is 114 Å². The fourth-order valence-corrected chi connectivity index (χ4v) is 2.13. The summed E-state index contributed by atoms with van der Waals surface area (Å²) in [5.74, 6) is 0. The van der Waals surface area contributed by atoms with E-state index in [1.165, 1.54) is 0 Å². The first-order valence-electron chi connectivity index (χ1n) is 6.14. The van der Waals surface area contributed by atoms with E-state index >= 15 is 0 Å². The van der Waals surface area contributed by atoms with Gasteiger partial charge in [0.2, 0.25) is 0 Å². The van der Waals surface area contributed by atoms with E-state index in [-0.39, 0.29) is 0 Å². The lowest BCUT2D eigenvalue weighted by molar-refractivity contribution is -0.0424. The molecule has 0 aliphatic heterocycles. The van der Waals surface area contributed by atoms with Gasteiger partial charge in [-0.2, -0.15) is 0 Å². The van der Waals surface area contributed by atoms with Gasteiger partial charge in [0.25, 0.3) is 0 Å². The minimum absolute atomic E-state index is 0.329. The van der Waals surface area contributed by atoms with Gasteiger partial charge < -0.3 is 14.6 Å². The molecule has 0 spiro atoms. The maximum Gasteiger partial charge on any atom is 0.344 e. The van der Waals surface area contributed by atoms with Crippen LogP contribution < -0.4 is 5.63 Å². The summed E-state index contributed by atoms with van der Waals surface area (Å²) < 4.78 is 5.27. The summed E-state index contributed by atoms with van der Waals surface area (Å²) in [5.41, 5.74) is 1.39. The number of fused-ring (bicyclic) bond motifs is 1. The SMILES string of the molecule is O=c1oc2ccccc2cc1-c1cccc(C(O)O)c1. The second-order valence-electron chi connectivity index (χ2n) is 4.48. The first-order valence-corrected chi connectivity index (χ1v) is 6.14. The molecule has 2 N–H and O–H groups in total. The third-order valence-corrected chi connectivity index (χ3v) is 3.14. The van der Waals surface area contributed by atoms with Gasteiger partial charge in [-0.1, -0.05) is 36.4 Å². The molecule has 100 valence electrons. The summed E-state index contributed by atoms with van der Waals surface area (Å²) in [7, 11) is 0. The predicted molar refractivity (Wildman–Crippen MR) is 75.1 cm³/mol. The van der Waals surface area contributed by atoms with E-state index in [9.17, 15) is 15.0 Å². The van der Waals surface area contributed by atoms with Crippen molar-refractivity contribution in [2.45, 2.75) is 6.29 Å². The quantitative estimate of drug-likeness (QED) is 0.553. The number of aliphatic hydroxyl groups is 2. The third kappa shape index (κ3) is 2.22. The van der Waals surface area contributed by atoms with E-state index in [2.05, 4.69) is 0 Å². The Morgan fingerprint density at radius 1 is 0.950 bits per heavy atom. The molecule has 0 amide bonds. The molecular formula is C16H12O4. The largest absolute Gasteiger partial charge is 0.422 e. The molecule has 3 aromatic rings. The monoisotopic (exact) mass is 268 g/mol. The molecule has 1 aromatic heterocycles. The van der Waals surface area contributed by atoms with Crippen LogP contribution in [0.5, 0.6) is 0 Å². The summed E-state index contributed by atoms with van der Waals surface area (Å²) >= 11 is 0. The van der Waals surface area contributed by atoms with Crippen LogP contribution in [0.15, 0.2) is 63.8 Å². The maximum atomic E-state index is 12.0. The van der Waals surface area contributed by atoms with Crippen LogP contribution in [-0.4, -0.2) is 10.2 Å². The average molecular weight is 268 g/mol. The van der Waals surface area contributed by atoms with Crippen molar-refractivity contribution in [3.8, 4) is 11.1 Å². The van der Waals surface area contributed by atoms with E-state index in [4.69, 9.17) is 4.42 Å². The molecule has 0 saturated heterocycles. The first kappa shape index (κ1) is 12.6. The van der Waals surface area contributed by atoms with Gasteiger partial charge in [0.1, 0.15) is 5.58 Å². The molecule has 0 bridgehead atoms. The number of benzene rings is 2. The van der Waals surface area contributed by atoms with Crippen LogP contribution >= 0.6 is 0 Å².